The number of alkyl carbamates (subject to hydrolysis) is 1. The van der Waals surface area contributed by atoms with E-state index in [1.54, 1.807) is 49.9 Å². The van der Waals surface area contributed by atoms with Crippen molar-refractivity contribution in [2.24, 2.45) is 5.92 Å². The van der Waals surface area contributed by atoms with Crippen molar-refractivity contribution in [1.82, 2.24) is 25.2 Å². The molecule has 1 saturated heterocycles. The molecule has 2 aromatic carbocycles. The van der Waals surface area contributed by atoms with Gasteiger partial charge in [-0.05, 0) is 76.6 Å². The zero-order valence-corrected chi connectivity index (χ0v) is 31.5. The van der Waals surface area contributed by atoms with E-state index in [0.717, 1.165) is 36.0 Å². The molecule has 1 aliphatic carbocycles. The van der Waals surface area contributed by atoms with Crippen LogP contribution in [-0.4, -0.2) is 79.8 Å². The van der Waals surface area contributed by atoms with Crippen molar-refractivity contribution >= 4 is 40.9 Å². The summed E-state index contributed by atoms with van der Waals surface area (Å²) in [7, 11) is -1.88. The van der Waals surface area contributed by atoms with Crippen LogP contribution in [0.4, 0.5) is 9.59 Å². The first kappa shape index (κ1) is 38.0. The van der Waals surface area contributed by atoms with E-state index < -0.39 is 70.2 Å². The van der Waals surface area contributed by atoms with E-state index in [9.17, 15) is 28.2 Å². The van der Waals surface area contributed by atoms with Gasteiger partial charge in [0.25, 0.3) is 5.91 Å². The van der Waals surface area contributed by atoms with Crippen molar-refractivity contribution in [3.63, 3.8) is 0 Å². The fourth-order valence-electron chi connectivity index (χ4n) is 7.19. The summed E-state index contributed by atoms with van der Waals surface area (Å²) in [6, 6.07) is 12.6. The third-order valence-electron chi connectivity index (χ3n) is 10.1. The van der Waals surface area contributed by atoms with Gasteiger partial charge in [-0.15, -0.1) is 0 Å². The second-order valence-electron chi connectivity index (χ2n) is 15.4. The lowest BCUT2D eigenvalue weighted by Crippen LogP contribution is -2.58. The van der Waals surface area contributed by atoms with E-state index in [1.165, 1.54) is 4.90 Å². The number of fused-ring (bicyclic) bond motifs is 3. The average Bonchev–Trinajstić information content (AvgIpc) is 3.40. The Labute approximate surface area is 312 Å². The predicted molar refractivity (Wildman–Crippen MR) is 196 cm³/mol. The number of rotatable bonds is 5. The standard InChI is InChI=1S/C39H49N5O8S/c1-25-16-18-30(19-17-25)53(50)42-35(47)39-21-28(39)14-8-6-5-7-9-15-31(40-36(48)52-38(2,3)4)34(46)44-24-29(20-32(44)33(45)41-39)51-37(49)43-22-26-12-10-11-13-27(26)23-43/h8,10-14,16-19,28-29,31-32H,5-7,9,15,20-24H2,1-4H3,(H,40,48)(H,41,45)(H,42,47)/b14-8-/t28-,29+,31-,32-,39+,53-/m0/s1. The van der Waals surface area contributed by atoms with Gasteiger partial charge >= 0.3 is 12.2 Å². The highest BCUT2D eigenvalue weighted by Crippen LogP contribution is 2.46. The van der Waals surface area contributed by atoms with Crippen molar-refractivity contribution < 1.29 is 37.7 Å². The van der Waals surface area contributed by atoms with Crippen LogP contribution in [0.5, 0.6) is 0 Å². The van der Waals surface area contributed by atoms with Crippen LogP contribution in [0.2, 0.25) is 0 Å². The molecule has 5 amide bonds. The number of hydrogen-bond donors (Lipinski definition) is 3. The Bertz CT molecular complexity index is 1770. The number of benzene rings is 2. The lowest BCUT2D eigenvalue weighted by Gasteiger charge is -2.30. The Hall–Kier alpha value is -4.72. The van der Waals surface area contributed by atoms with Crippen LogP contribution in [0.1, 0.15) is 82.4 Å². The van der Waals surface area contributed by atoms with Gasteiger partial charge in [0.05, 0.1) is 11.4 Å². The molecule has 3 N–H and O–H groups in total. The van der Waals surface area contributed by atoms with Crippen LogP contribution < -0.4 is 15.4 Å². The molecule has 13 nitrogen and oxygen atoms in total. The quantitative estimate of drug-likeness (QED) is 0.376. The molecule has 0 bridgehead atoms. The van der Waals surface area contributed by atoms with Crippen molar-refractivity contribution in [3.05, 3.63) is 77.4 Å². The van der Waals surface area contributed by atoms with Gasteiger partial charge in [-0.3, -0.25) is 24.0 Å². The van der Waals surface area contributed by atoms with E-state index in [0.29, 0.717) is 30.8 Å². The van der Waals surface area contributed by atoms with E-state index >= 15 is 0 Å². The summed E-state index contributed by atoms with van der Waals surface area (Å²) in [5.74, 6) is -2.07. The number of ether oxygens (including phenoxy) is 2. The fraction of sp³-hybridized carbons (Fsp3) is 0.513. The number of hydrogen-bond acceptors (Lipinski definition) is 8. The second kappa shape index (κ2) is 15.7. The summed E-state index contributed by atoms with van der Waals surface area (Å²) in [5, 5.41) is 5.66. The van der Waals surface area contributed by atoms with E-state index in [4.69, 9.17) is 9.47 Å². The lowest BCUT2D eigenvalue weighted by molar-refractivity contribution is -0.141. The predicted octanol–water partition coefficient (Wildman–Crippen LogP) is 4.54. The average molecular weight is 748 g/mol. The van der Waals surface area contributed by atoms with Gasteiger partial charge in [-0.1, -0.05) is 67.0 Å². The largest absolute Gasteiger partial charge is 0.444 e. The highest BCUT2D eigenvalue weighted by molar-refractivity contribution is 7.83. The van der Waals surface area contributed by atoms with Crippen LogP contribution in [0.3, 0.4) is 0 Å². The molecule has 0 unspecified atom stereocenters. The minimum Gasteiger partial charge on any atom is -0.444 e. The molecule has 0 spiro atoms. The van der Waals surface area contributed by atoms with Crippen molar-refractivity contribution in [2.45, 2.75) is 120 Å². The number of amides is 5. The van der Waals surface area contributed by atoms with E-state index in [1.807, 2.05) is 43.3 Å². The SMILES string of the molecule is Cc1ccc([S@](=O)NC(=O)[C@@]23C[C@@H]2/C=C\CCCCC[C@H](NC(=O)OC(C)(C)C)C(=O)N2C[C@H](OC(=O)N4Cc5ccccc5C4)C[C@H]2C(=O)N3)cc1. The molecule has 6 rings (SSSR count). The molecule has 1 saturated carbocycles. The van der Waals surface area contributed by atoms with Gasteiger partial charge in [-0.25, -0.2) is 13.8 Å². The summed E-state index contributed by atoms with van der Waals surface area (Å²) < 4.78 is 27.2. The number of allylic oxidation sites excluding steroid dienone is 1. The molecule has 14 heteroatoms. The van der Waals surface area contributed by atoms with Gasteiger partial charge < -0.3 is 25.0 Å². The van der Waals surface area contributed by atoms with Crippen LogP contribution in [0.25, 0.3) is 0 Å². The van der Waals surface area contributed by atoms with Gasteiger partial charge in [0.15, 0.2) is 11.0 Å². The molecule has 0 radical (unpaired) electrons. The van der Waals surface area contributed by atoms with Gasteiger partial charge in [-0.2, -0.15) is 0 Å². The van der Waals surface area contributed by atoms with Crippen LogP contribution in [-0.2, 0) is 47.9 Å². The molecule has 53 heavy (non-hydrogen) atoms. The minimum absolute atomic E-state index is 0.0171. The molecule has 3 heterocycles. The molecule has 6 atom stereocenters. The first-order chi connectivity index (χ1) is 25.2. The maximum absolute atomic E-state index is 14.4. The third-order valence-corrected chi connectivity index (χ3v) is 11.2. The summed E-state index contributed by atoms with van der Waals surface area (Å²) in [4.78, 5) is 72.2. The Morgan fingerprint density at radius 3 is 2.36 bits per heavy atom. The Morgan fingerprint density at radius 2 is 1.68 bits per heavy atom. The molecule has 2 aromatic rings. The smallest absolute Gasteiger partial charge is 0.410 e. The zero-order chi connectivity index (χ0) is 37.9. The van der Waals surface area contributed by atoms with E-state index in [2.05, 4.69) is 15.4 Å². The maximum atomic E-state index is 14.4. The molecular weight excluding hydrogens is 699 g/mol. The van der Waals surface area contributed by atoms with Crippen LogP contribution >= 0.6 is 0 Å². The van der Waals surface area contributed by atoms with E-state index in [-0.39, 0.29) is 25.3 Å². The number of carbonyl (C=O) groups excluding carboxylic acids is 5. The monoisotopic (exact) mass is 747 g/mol. The Kier molecular flexibility index (Phi) is 11.3. The summed E-state index contributed by atoms with van der Waals surface area (Å²) in [5.41, 5.74) is 0.824. The van der Waals surface area contributed by atoms with Gasteiger partial charge in [0.1, 0.15) is 29.3 Å². The second-order valence-corrected chi connectivity index (χ2v) is 16.6. The molecule has 4 aliphatic rings. The third kappa shape index (κ3) is 9.09. The highest BCUT2D eigenvalue weighted by atomic mass is 32.2. The minimum atomic E-state index is -1.88. The Morgan fingerprint density at radius 1 is 0.981 bits per heavy atom. The maximum Gasteiger partial charge on any atom is 0.410 e. The van der Waals surface area contributed by atoms with Crippen LogP contribution in [0, 0.1) is 12.8 Å². The van der Waals surface area contributed by atoms with Crippen LogP contribution in [0.15, 0.2) is 65.6 Å². The highest BCUT2D eigenvalue weighted by Gasteiger charge is 2.61. The number of carbonyl (C=O) groups is 5. The number of nitrogens with zero attached hydrogens (tertiary/aromatic N) is 2. The summed E-state index contributed by atoms with van der Waals surface area (Å²) >= 11 is 0. The first-order valence-corrected chi connectivity index (χ1v) is 19.5. The number of aryl methyl sites for hydroxylation is 1. The normalized spacial score (nSPS) is 27.1. The molecule has 0 aromatic heterocycles. The molecule has 3 aliphatic heterocycles. The summed E-state index contributed by atoms with van der Waals surface area (Å²) in [6.45, 7) is 7.76. The zero-order valence-electron chi connectivity index (χ0n) is 30.7. The summed E-state index contributed by atoms with van der Waals surface area (Å²) in [6.07, 6.45) is 5.25. The van der Waals surface area contributed by atoms with Crippen molar-refractivity contribution in [1.29, 1.82) is 0 Å². The van der Waals surface area contributed by atoms with Crippen molar-refractivity contribution in [2.75, 3.05) is 6.54 Å². The fourth-order valence-corrected chi connectivity index (χ4v) is 8.04. The first-order valence-electron chi connectivity index (χ1n) is 18.3. The van der Waals surface area contributed by atoms with Gasteiger partial charge in [0, 0.05) is 25.4 Å². The van der Waals surface area contributed by atoms with Crippen molar-refractivity contribution in [3.8, 4) is 0 Å². The number of nitrogens with one attached hydrogen (secondary N) is 3. The topological polar surface area (TPSA) is 163 Å². The van der Waals surface area contributed by atoms with Gasteiger partial charge in [0.2, 0.25) is 11.8 Å². The molecule has 2 fully saturated rings. The molecule has 284 valence electrons. The lowest BCUT2D eigenvalue weighted by atomic mass is 10.0. The Balaban J connectivity index is 1.25. The molecular formula is C39H49N5O8S.